The number of nitrogens with one attached hydrogen (secondary N) is 2. The highest BCUT2D eigenvalue weighted by Gasteiger charge is 2.08. The van der Waals surface area contributed by atoms with Crippen LogP contribution in [0.3, 0.4) is 0 Å². The van der Waals surface area contributed by atoms with Gasteiger partial charge in [-0.3, -0.25) is 0 Å². The largest absolute Gasteiger partial charge is 0.497 e. The average Bonchev–Trinajstić information content (AvgIpc) is 2.70. The molecule has 8 heteroatoms. The molecule has 0 radical (unpaired) electrons. The second kappa shape index (κ2) is 8.79. The van der Waals surface area contributed by atoms with Crippen LogP contribution in [-0.4, -0.2) is 35.9 Å². The predicted molar refractivity (Wildman–Crippen MR) is 101 cm³/mol. The van der Waals surface area contributed by atoms with Crippen LogP contribution in [-0.2, 0) is 6.42 Å². The average molecular weight is 369 g/mol. The molecule has 0 fully saturated rings. The summed E-state index contributed by atoms with van der Waals surface area (Å²) in [5, 5.41) is 14.1. The number of hydrogen-bond acceptors (Lipinski definition) is 7. The third kappa shape index (κ3) is 4.81. The Balaban J connectivity index is 1.66. The van der Waals surface area contributed by atoms with E-state index in [0.29, 0.717) is 47.5 Å². The molecule has 0 bridgehead atoms. The van der Waals surface area contributed by atoms with E-state index in [-0.39, 0.29) is 5.82 Å². The minimum Gasteiger partial charge on any atom is -0.497 e. The summed E-state index contributed by atoms with van der Waals surface area (Å²) in [6.07, 6.45) is 2.04. The molecule has 7 nitrogen and oxygen atoms in total. The van der Waals surface area contributed by atoms with Crippen molar-refractivity contribution >= 4 is 17.5 Å². The Hall–Kier alpha value is -3.42. The van der Waals surface area contributed by atoms with Crippen LogP contribution in [0.15, 0.2) is 48.7 Å². The molecule has 3 aromatic rings. The molecule has 0 aliphatic rings. The van der Waals surface area contributed by atoms with Gasteiger partial charge >= 0.3 is 0 Å². The number of hydrogen-bond donors (Lipinski definition) is 2. The normalized spacial score (nSPS) is 10.3. The maximum Gasteiger partial charge on any atom is 0.249 e. The van der Waals surface area contributed by atoms with Crippen molar-refractivity contribution in [3.8, 4) is 11.5 Å². The van der Waals surface area contributed by atoms with Crippen LogP contribution in [0, 0.1) is 5.82 Å². The molecule has 1 aromatic heterocycles. The Bertz CT molecular complexity index is 907. The van der Waals surface area contributed by atoms with Gasteiger partial charge in [0.15, 0.2) is 5.82 Å². The molecule has 0 saturated heterocycles. The highest BCUT2D eigenvalue weighted by Crippen LogP contribution is 2.30. The topological polar surface area (TPSA) is 81.2 Å². The van der Waals surface area contributed by atoms with Crippen molar-refractivity contribution in [2.45, 2.75) is 6.42 Å². The highest BCUT2D eigenvalue weighted by molar-refractivity contribution is 5.65. The molecule has 2 aromatic carbocycles. The number of aromatic nitrogens is 3. The molecule has 0 atom stereocenters. The molecule has 0 saturated carbocycles. The molecule has 0 amide bonds. The monoisotopic (exact) mass is 369 g/mol. The Morgan fingerprint density at radius 3 is 2.70 bits per heavy atom. The summed E-state index contributed by atoms with van der Waals surface area (Å²) in [7, 11) is 3.16. The summed E-state index contributed by atoms with van der Waals surface area (Å²) in [6.45, 7) is 0.515. The van der Waals surface area contributed by atoms with Crippen LogP contribution >= 0.6 is 0 Å². The first-order valence-electron chi connectivity index (χ1n) is 8.35. The first-order chi connectivity index (χ1) is 13.2. The third-order valence-electron chi connectivity index (χ3n) is 3.87. The molecule has 2 N–H and O–H groups in total. The van der Waals surface area contributed by atoms with Crippen molar-refractivity contribution < 1.29 is 13.9 Å². The summed E-state index contributed by atoms with van der Waals surface area (Å²) >= 11 is 0. The van der Waals surface area contributed by atoms with Gasteiger partial charge in [0.25, 0.3) is 0 Å². The summed E-state index contributed by atoms with van der Waals surface area (Å²) < 4.78 is 24.2. The van der Waals surface area contributed by atoms with Crippen molar-refractivity contribution in [1.29, 1.82) is 0 Å². The zero-order chi connectivity index (χ0) is 19.1. The van der Waals surface area contributed by atoms with E-state index in [1.54, 1.807) is 44.6 Å². The quantitative estimate of drug-likeness (QED) is 0.629. The smallest absolute Gasteiger partial charge is 0.249 e. The highest BCUT2D eigenvalue weighted by atomic mass is 19.1. The van der Waals surface area contributed by atoms with Crippen LogP contribution < -0.4 is 20.1 Å². The zero-order valence-corrected chi connectivity index (χ0v) is 15.1. The number of nitrogens with zero attached hydrogens (tertiary/aromatic N) is 3. The summed E-state index contributed by atoms with van der Waals surface area (Å²) in [5.74, 6) is 1.92. The van der Waals surface area contributed by atoms with Crippen molar-refractivity contribution in [2.75, 3.05) is 31.4 Å². The molecular formula is C19H20FN5O2. The lowest BCUT2D eigenvalue weighted by molar-refractivity contribution is 0.405. The second-order valence-corrected chi connectivity index (χ2v) is 5.62. The van der Waals surface area contributed by atoms with E-state index in [2.05, 4.69) is 25.8 Å². The van der Waals surface area contributed by atoms with E-state index in [9.17, 15) is 4.39 Å². The van der Waals surface area contributed by atoms with Crippen molar-refractivity contribution in [3.05, 3.63) is 60.0 Å². The van der Waals surface area contributed by atoms with Crippen LogP contribution in [0.4, 0.5) is 21.8 Å². The number of benzene rings is 2. The van der Waals surface area contributed by atoms with Crippen molar-refractivity contribution in [3.63, 3.8) is 0 Å². The lowest BCUT2D eigenvalue weighted by atomic mass is 10.1. The van der Waals surface area contributed by atoms with Crippen molar-refractivity contribution in [1.82, 2.24) is 15.2 Å². The minimum atomic E-state index is -0.215. The van der Waals surface area contributed by atoms with Gasteiger partial charge in [-0.2, -0.15) is 10.1 Å². The van der Waals surface area contributed by atoms with Crippen LogP contribution in [0.25, 0.3) is 0 Å². The third-order valence-corrected chi connectivity index (χ3v) is 3.87. The zero-order valence-electron chi connectivity index (χ0n) is 15.1. The lowest BCUT2D eigenvalue weighted by Gasteiger charge is -2.12. The molecular weight excluding hydrogens is 349 g/mol. The van der Waals surface area contributed by atoms with E-state index in [0.717, 1.165) is 0 Å². The van der Waals surface area contributed by atoms with Gasteiger partial charge in [0.1, 0.15) is 17.3 Å². The molecule has 0 spiro atoms. The molecule has 0 aliphatic heterocycles. The predicted octanol–water partition coefficient (Wildman–Crippen LogP) is 3.43. The van der Waals surface area contributed by atoms with Crippen LogP contribution in [0.5, 0.6) is 11.5 Å². The Labute approximate surface area is 156 Å². The van der Waals surface area contributed by atoms with E-state index in [1.165, 1.54) is 12.3 Å². The van der Waals surface area contributed by atoms with Gasteiger partial charge in [0.2, 0.25) is 5.95 Å². The Morgan fingerprint density at radius 1 is 1.07 bits per heavy atom. The second-order valence-electron chi connectivity index (χ2n) is 5.62. The first kappa shape index (κ1) is 18.4. The first-order valence-corrected chi connectivity index (χ1v) is 8.35. The maximum absolute atomic E-state index is 13.7. The van der Waals surface area contributed by atoms with Crippen molar-refractivity contribution in [2.24, 2.45) is 0 Å². The number of methoxy groups -OCH3 is 2. The lowest BCUT2D eigenvalue weighted by Crippen LogP contribution is -2.09. The Morgan fingerprint density at radius 2 is 1.93 bits per heavy atom. The maximum atomic E-state index is 13.7. The molecule has 0 unspecified atom stereocenters. The molecule has 140 valence electrons. The minimum absolute atomic E-state index is 0.215. The number of anilines is 3. The fraction of sp³-hybridized carbons (Fsp3) is 0.211. The molecule has 3 rings (SSSR count). The number of rotatable bonds is 8. The van der Waals surface area contributed by atoms with Gasteiger partial charge < -0.3 is 20.1 Å². The molecule has 27 heavy (non-hydrogen) atoms. The van der Waals surface area contributed by atoms with E-state index in [1.807, 2.05) is 6.07 Å². The molecule has 0 aliphatic carbocycles. The van der Waals surface area contributed by atoms with Gasteiger partial charge in [-0.05, 0) is 30.2 Å². The number of ether oxygens (including phenoxy) is 2. The van der Waals surface area contributed by atoms with Gasteiger partial charge in [-0.25, -0.2) is 4.39 Å². The van der Waals surface area contributed by atoms with Gasteiger partial charge in [0, 0.05) is 12.6 Å². The summed E-state index contributed by atoms with van der Waals surface area (Å²) in [5.41, 5.74) is 1.30. The van der Waals surface area contributed by atoms with Crippen LogP contribution in [0.2, 0.25) is 0 Å². The fourth-order valence-corrected chi connectivity index (χ4v) is 2.50. The van der Waals surface area contributed by atoms with Gasteiger partial charge in [-0.1, -0.05) is 18.2 Å². The fourth-order valence-electron chi connectivity index (χ4n) is 2.50. The SMILES string of the molecule is COc1ccc(OC)c(Nc2nncc(NCCc3ccccc3F)n2)c1. The van der Waals surface area contributed by atoms with Gasteiger partial charge in [0.05, 0.1) is 26.1 Å². The Kier molecular flexibility index (Phi) is 5.98. The van der Waals surface area contributed by atoms with E-state index < -0.39 is 0 Å². The summed E-state index contributed by atoms with van der Waals surface area (Å²) in [4.78, 5) is 4.37. The molecule has 1 heterocycles. The van der Waals surface area contributed by atoms with E-state index in [4.69, 9.17) is 9.47 Å². The van der Waals surface area contributed by atoms with E-state index >= 15 is 0 Å². The van der Waals surface area contributed by atoms with Crippen LogP contribution in [0.1, 0.15) is 5.56 Å². The van der Waals surface area contributed by atoms with Gasteiger partial charge in [-0.15, -0.1) is 5.10 Å². The summed E-state index contributed by atoms with van der Waals surface area (Å²) in [6, 6.07) is 12.1. The number of halogens is 1. The standard InChI is InChI=1S/C19H20FN5O2/c1-26-14-7-8-17(27-2)16(11-14)23-19-24-18(12-22-25-19)21-10-9-13-5-3-4-6-15(13)20/h3-8,11-12H,9-10H2,1-2H3,(H2,21,23,24,25).